The van der Waals surface area contributed by atoms with E-state index in [9.17, 15) is 4.79 Å². The molecule has 104 valence electrons. The predicted octanol–water partition coefficient (Wildman–Crippen LogP) is 1.91. The molecular weight excluding hydrogens is 252 g/mol. The molecule has 20 heavy (non-hydrogen) atoms. The Hall–Kier alpha value is -2.40. The molecule has 0 saturated carbocycles. The molecule has 1 heterocycles. The summed E-state index contributed by atoms with van der Waals surface area (Å²) in [5.74, 6) is 5.28. The van der Waals surface area contributed by atoms with Gasteiger partial charge in [-0.3, -0.25) is 15.6 Å². The van der Waals surface area contributed by atoms with Crippen LogP contribution in [-0.2, 0) is 6.54 Å². The maximum Gasteiger partial charge on any atom is 0.253 e. The number of aryl methyl sites for hydroxylation is 2. The summed E-state index contributed by atoms with van der Waals surface area (Å²) in [6, 6.07) is 7.39. The minimum Gasteiger partial charge on any atom is -0.348 e. The topological polar surface area (TPSA) is 80.0 Å². The van der Waals surface area contributed by atoms with Crippen LogP contribution in [0.3, 0.4) is 0 Å². The predicted molar refractivity (Wildman–Crippen MR) is 79.1 cm³/mol. The van der Waals surface area contributed by atoms with Gasteiger partial charge in [-0.2, -0.15) is 0 Å². The Bertz CT molecular complexity index is 625. The zero-order valence-corrected chi connectivity index (χ0v) is 11.6. The molecule has 2 aromatic rings. The number of carbonyl (C=O) groups is 1. The summed E-state index contributed by atoms with van der Waals surface area (Å²) in [4.78, 5) is 16.3. The largest absolute Gasteiger partial charge is 0.348 e. The van der Waals surface area contributed by atoms with E-state index in [0.29, 0.717) is 17.8 Å². The second kappa shape index (κ2) is 6.16. The summed E-state index contributed by atoms with van der Waals surface area (Å²) in [5, 5.41) is 2.88. The lowest BCUT2D eigenvalue weighted by atomic mass is 10.1. The summed E-state index contributed by atoms with van der Waals surface area (Å²) >= 11 is 0. The van der Waals surface area contributed by atoms with Crippen LogP contribution in [0.5, 0.6) is 0 Å². The van der Waals surface area contributed by atoms with Crippen LogP contribution in [-0.4, -0.2) is 10.9 Å². The quantitative estimate of drug-likeness (QED) is 0.585. The summed E-state index contributed by atoms with van der Waals surface area (Å²) in [6.45, 7) is 4.37. The van der Waals surface area contributed by atoms with Crippen molar-refractivity contribution in [1.82, 2.24) is 10.3 Å². The van der Waals surface area contributed by atoms with Crippen LogP contribution in [0.2, 0.25) is 0 Å². The fourth-order valence-electron chi connectivity index (χ4n) is 1.93. The number of anilines is 1. The van der Waals surface area contributed by atoms with Crippen molar-refractivity contribution in [2.75, 3.05) is 5.43 Å². The number of hydrazine groups is 1. The van der Waals surface area contributed by atoms with Crippen molar-refractivity contribution >= 4 is 11.6 Å². The Morgan fingerprint density at radius 1 is 1.30 bits per heavy atom. The van der Waals surface area contributed by atoms with Gasteiger partial charge in [0, 0.05) is 18.9 Å². The van der Waals surface area contributed by atoms with Crippen LogP contribution in [0.25, 0.3) is 0 Å². The van der Waals surface area contributed by atoms with E-state index in [1.807, 2.05) is 32.0 Å². The molecule has 0 spiro atoms. The Kier molecular flexibility index (Phi) is 4.32. The normalized spacial score (nSPS) is 10.2. The fourth-order valence-corrected chi connectivity index (χ4v) is 1.93. The van der Waals surface area contributed by atoms with Gasteiger partial charge in [0.25, 0.3) is 5.91 Å². The third-order valence-corrected chi connectivity index (χ3v) is 3.16. The van der Waals surface area contributed by atoms with Gasteiger partial charge in [-0.1, -0.05) is 6.07 Å². The van der Waals surface area contributed by atoms with E-state index >= 15 is 0 Å². The number of benzene rings is 1. The third kappa shape index (κ3) is 3.13. The van der Waals surface area contributed by atoms with Crippen molar-refractivity contribution in [3.05, 3.63) is 58.9 Å². The first-order valence-electron chi connectivity index (χ1n) is 6.37. The van der Waals surface area contributed by atoms with E-state index in [-0.39, 0.29) is 5.91 Å². The summed E-state index contributed by atoms with van der Waals surface area (Å²) in [6.07, 6.45) is 3.49. The molecule has 0 radical (unpaired) electrons. The molecule has 0 aliphatic carbocycles. The minimum atomic E-state index is -0.166. The Labute approximate surface area is 118 Å². The van der Waals surface area contributed by atoms with Gasteiger partial charge in [0.15, 0.2) is 0 Å². The second-order valence-corrected chi connectivity index (χ2v) is 4.68. The summed E-state index contributed by atoms with van der Waals surface area (Å²) in [7, 11) is 0. The Morgan fingerprint density at radius 2 is 2.10 bits per heavy atom. The van der Waals surface area contributed by atoms with Crippen LogP contribution in [0.15, 0.2) is 36.7 Å². The van der Waals surface area contributed by atoms with Crippen molar-refractivity contribution < 1.29 is 4.79 Å². The molecule has 0 aliphatic heterocycles. The number of aromatic nitrogens is 1. The average molecular weight is 270 g/mol. The number of nitrogens with two attached hydrogens (primary N) is 1. The van der Waals surface area contributed by atoms with Crippen LogP contribution in [0, 0.1) is 13.8 Å². The lowest BCUT2D eigenvalue weighted by Crippen LogP contribution is -2.25. The van der Waals surface area contributed by atoms with Crippen LogP contribution in [0.1, 0.15) is 27.0 Å². The lowest BCUT2D eigenvalue weighted by Gasteiger charge is -2.11. The van der Waals surface area contributed by atoms with Crippen LogP contribution in [0.4, 0.5) is 5.69 Å². The van der Waals surface area contributed by atoms with Crippen molar-refractivity contribution in [2.24, 2.45) is 5.84 Å². The highest BCUT2D eigenvalue weighted by Gasteiger charge is 2.11. The van der Waals surface area contributed by atoms with E-state index in [1.165, 1.54) is 0 Å². The van der Waals surface area contributed by atoms with E-state index in [2.05, 4.69) is 15.7 Å². The van der Waals surface area contributed by atoms with Crippen molar-refractivity contribution in [3.63, 3.8) is 0 Å². The molecule has 0 saturated heterocycles. The van der Waals surface area contributed by atoms with E-state index < -0.39 is 0 Å². The number of hydrogen-bond acceptors (Lipinski definition) is 4. The van der Waals surface area contributed by atoms with Gasteiger partial charge in [-0.05, 0) is 48.7 Å². The van der Waals surface area contributed by atoms with Crippen molar-refractivity contribution in [1.29, 1.82) is 0 Å². The van der Waals surface area contributed by atoms with E-state index in [4.69, 9.17) is 5.84 Å². The van der Waals surface area contributed by atoms with Gasteiger partial charge >= 0.3 is 0 Å². The van der Waals surface area contributed by atoms with Crippen molar-refractivity contribution in [2.45, 2.75) is 20.4 Å². The SMILES string of the molecule is Cc1ccc(C(=O)NCc2cnccc2C)c(NN)c1. The first kappa shape index (κ1) is 14.0. The minimum absolute atomic E-state index is 0.166. The molecule has 1 aromatic carbocycles. The molecule has 0 fully saturated rings. The number of amides is 1. The van der Waals surface area contributed by atoms with Gasteiger partial charge < -0.3 is 10.7 Å². The molecule has 0 unspecified atom stereocenters. The highest BCUT2D eigenvalue weighted by Crippen LogP contribution is 2.16. The van der Waals surface area contributed by atoms with Gasteiger partial charge in [0.2, 0.25) is 0 Å². The van der Waals surface area contributed by atoms with Gasteiger partial charge in [0.05, 0.1) is 11.3 Å². The lowest BCUT2D eigenvalue weighted by molar-refractivity contribution is 0.0951. The van der Waals surface area contributed by atoms with Crippen molar-refractivity contribution in [3.8, 4) is 0 Å². The molecule has 0 aliphatic rings. The number of nitrogen functional groups attached to an aromatic ring is 1. The summed E-state index contributed by atoms with van der Waals surface area (Å²) in [5.41, 5.74) is 6.83. The maximum atomic E-state index is 12.2. The number of nitrogens with zero attached hydrogens (tertiary/aromatic N) is 1. The number of carbonyl (C=O) groups excluding carboxylic acids is 1. The average Bonchev–Trinajstić information content (AvgIpc) is 2.46. The third-order valence-electron chi connectivity index (χ3n) is 3.16. The monoisotopic (exact) mass is 270 g/mol. The number of nitrogens with one attached hydrogen (secondary N) is 2. The number of pyridine rings is 1. The molecular formula is C15H18N4O. The van der Waals surface area contributed by atoms with Crippen LogP contribution < -0.4 is 16.6 Å². The molecule has 0 bridgehead atoms. The standard InChI is InChI=1S/C15H18N4O/c1-10-3-4-13(14(7-10)19-16)15(20)18-9-12-8-17-6-5-11(12)2/h3-8,19H,9,16H2,1-2H3,(H,18,20). The molecule has 1 aromatic heterocycles. The number of hydrogen-bond donors (Lipinski definition) is 3. The smallest absolute Gasteiger partial charge is 0.253 e. The van der Waals surface area contributed by atoms with Gasteiger partial charge in [-0.15, -0.1) is 0 Å². The first-order chi connectivity index (χ1) is 9.61. The highest BCUT2D eigenvalue weighted by atomic mass is 16.1. The van der Waals surface area contributed by atoms with Gasteiger partial charge in [-0.25, -0.2) is 0 Å². The van der Waals surface area contributed by atoms with Crippen LogP contribution >= 0.6 is 0 Å². The second-order valence-electron chi connectivity index (χ2n) is 4.68. The molecule has 2 rings (SSSR count). The zero-order chi connectivity index (χ0) is 14.5. The fraction of sp³-hybridized carbons (Fsp3) is 0.200. The van der Waals surface area contributed by atoms with Gasteiger partial charge in [0.1, 0.15) is 0 Å². The Balaban J connectivity index is 2.11. The molecule has 5 nitrogen and oxygen atoms in total. The molecule has 5 heteroatoms. The number of rotatable bonds is 4. The zero-order valence-electron chi connectivity index (χ0n) is 11.6. The maximum absolute atomic E-state index is 12.2. The molecule has 1 amide bonds. The van der Waals surface area contributed by atoms with E-state index in [1.54, 1.807) is 18.5 Å². The molecule has 4 N–H and O–H groups in total. The van der Waals surface area contributed by atoms with E-state index in [0.717, 1.165) is 16.7 Å². The first-order valence-corrected chi connectivity index (χ1v) is 6.37. The molecule has 0 atom stereocenters. The summed E-state index contributed by atoms with van der Waals surface area (Å²) < 4.78 is 0. The highest BCUT2D eigenvalue weighted by molar-refractivity contribution is 5.99. The Morgan fingerprint density at radius 3 is 2.80 bits per heavy atom.